The first-order valence-corrected chi connectivity index (χ1v) is 7.30. The van der Waals surface area contributed by atoms with E-state index in [9.17, 15) is 10.1 Å². The van der Waals surface area contributed by atoms with Crippen molar-refractivity contribution >= 4 is 28.5 Å². The van der Waals surface area contributed by atoms with Gasteiger partial charge in [0.1, 0.15) is 5.54 Å². The summed E-state index contributed by atoms with van der Waals surface area (Å²) in [6.07, 6.45) is 1.35. The molecule has 1 aliphatic rings. The topological polar surface area (TPSA) is 56.1 Å². The molecule has 0 spiro atoms. The van der Waals surface area contributed by atoms with Gasteiger partial charge in [0, 0.05) is 22.2 Å². The van der Waals surface area contributed by atoms with Crippen LogP contribution in [0.2, 0.25) is 0 Å². The van der Waals surface area contributed by atoms with E-state index in [1.807, 2.05) is 19.2 Å². The van der Waals surface area contributed by atoms with Gasteiger partial charge in [0.05, 0.1) is 6.07 Å². The molecule has 2 rings (SSSR count). The molecule has 4 nitrogen and oxygen atoms in total. The van der Waals surface area contributed by atoms with Gasteiger partial charge in [-0.2, -0.15) is 5.26 Å². The third-order valence-electron chi connectivity index (χ3n) is 3.51. The van der Waals surface area contributed by atoms with Gasteiger partial charge >= 0.3 is 0 Å². The van der Waals surface area contributed by atoms with Crippen LogP contribution in [0.15, 0.2) is 24.3 Å². The predicted octanol–water partition coefficient (Wildman–Crippen LogP) is 2.01. The Balaban J connectivity index is 2.09. The van der Waals surface area contributed by atoms with Crippen LogP contribution in [0.4, 0.5) is 0 Å². The van der Waals surface area contributed by atoms with E-state index in [4.69, 9.17) is 0 Å². The van der Waals surface area contributed by atoms with Crippen molar-refractivity contribution in [3.8, 4) is 6.07 Å². The highest BCUT2D eigenvalue weighted by atomic mass is 127. The number of likely N-dealkylation sites (tertiary alicyclic amines) is 1. The van der Waals surface area contributed by atoms with Crippen LogP contribution < -0.4 is 5.32 Å². The summed E-state index contributed by atoms with van der Waals surface area (Å²) in [5.74, 6) is -0.164. The lowest BCUT2D eigenvalue weighted by Crippen LogP contribution is -2.53. The number of amides is 1. The van der Waals surface area contributed by atoms with Gasteiger partial charge in [-0.3, -0.25) is 4.79 Å². The van der Waals surface area contributed by atoms with Gasteiger partial charge in [-0.15, -0.1) is 0 Å². The average Bonchev–Trinajstić information content (AvgIpc) is 2.42. The number of piperidine rings is 1. The Morgan fingerprint density at radius 2 is 1.95 bits per heavy atom. The van der Waals surface area contributed by atoms with E-state index >= 15 is 0 Å². The number of nitrogens with one attached hydrogen (secondary N) is 1. The Hall–Kier alpha value is -1.13. The number of benzene rings is 1. The van der Waals surface area contributed by atoms with Crippen molar-refractivity contribution in [2.75, 3.05) is 20.1 Å². The first-order chi connectivity index (χ1) is 9.04. The van der Waals surface area contributed by atoms with Crippen LogP contribution in [0.5, 0.6) is 0 Å². The highest BCUT2D eigenvalue weighted by Crippen LogP contribution is 2.21. The number of carbonyl (C=O) groups excluding carboxylic acids is 1. The minimum absolute atomic E-state index is 0.164. The maximum atomic E-state index is 12.2. The molecule has 0 saturated carbocycles. The fourth-order valence-corrected chi connectivity index (χ4v) is 2.52. The van der Waals surface area contributed by atoms with Crippen LogP contribution in [0.1, 0.15) is 23.2 Å². The SMILES string of the molecule is CN1CCC(C#N)(NC(=O)c2ccc(I)cc2)CC1. The minimum Gasteiger partial charge on any atom is -0.334 e. The Morgan fingerprint density at radius 3 is 2.47 bits per heavy atom. The molecule has 0 bridgehead atoms. The molecule has 1 saturated heterocycles. The summed E-state index contributed by atoms with van der Waals surface area (Å²) in [7, 11) is 2.03. The van der Waals surface area contributed by atoms with Crippen LogP contribution in [0, 0.1) is 14.9 Å². The molecule has 0 radical (unpaired) electrons. The van der Waals surface area contributed by atoms with Crippen molar-refractivity contribution in [1.29, 1.82) is 5.26 Å². The second-order valence-corrected chi connectivity index (χ2v) is 6.20. The monoisotopic (exact) mass is 369 g/mol. The average molecular weight is 369 g/mol. The lowest BCUT2D eigenvalue weighted by Gasteiger charge is -2.36. The third-order valence-corrected chi connectivity index (χ3v) is 4.23. The second-order valence-electron chi connectivity index (χ2n) is 4.96. The molecule has 1 aromatic rings. The summed E-state index contributed by atoms with van der Waals surface area (Å²) in [5.41, 5.74) is -0.110. The fraction of sp³-hybridized carbons (Fsp3) is 0.429. The van der Waals surface area contributed by atoms with Crippen LogP contribution in [0.3, 0.4) is 0 Å². The number of hydrogen-bond donors (Lipinski definition) is 1. The quantitative estimate of drug-likeness (QED) is 0.812. The molecule has 0 aromatic heterocycles. The van der Waals surface area contributed by atoms with Crippen molar-refractivity contribution in [2.24, 2.45) is 0 Å². The smallest absolute Gasteiger partial charge is 0.252 e. The lowest BCUT2D eigenvalue weighted by molar-refractivity contribution is 0.0882. The molecule has 1 amide bonds. The number of rotatable bonds is 2. The van der Waals surface area contributed by atoms with E-state index in [0.717, 1.165) is 16.7 Å². The highest BCUT2D eigenvalue weighted by molar-refractivity contribution is 14.1. The Kier molecular flexibility index (Phi) is 4.42. The fourth-order valence-electron chi connectivity index (χ4n) is 2.16. The van der Waals surface area contributed by atoms with Crippen molar-refractivity contribution in [3.63, 3.8) is 0 Å². The number of nitrogens with zero attached hydrogens (tertiary/aromatic N) is 2. The predicted molar refractivity (Wildman–Crippen MR) is 81.7 cm³/mol. The second kappa shape index (κ2) is 5.88. The van der Waals surface area contributed by atoms with Gasteiger partial charge in [0.2, 0.25) is 0 Å². The zero-order valence-corrected chi connectivity index (χ0v) is 13.0. The van der Waals surface area contributed by atoms with E-state index in [0.29, 0.717) is 18.4 Å². The molecule has 0 aliphatic carbocycles. The van der Waals surface area contributed by atoms with Crippen LogP contribution in [0.25, 0.3) is 0 Å². The number of halogens is 1. The number of carbonyl (C=O) groups is 1. The first-order valence-electron chi connectivity index (χ1n) is 6.22. The minimum atomic E-state index is -0.716. The summed E-state index contributed by atoms with van der Waals surface area (Å²) in [4.78, 5) is 14.4. The largest absolute Gasteiger partial charge is 0.334 e. The van der Waals surface area contributed by atoms with Gasteiger partial charge in [-0.05, 0) is 66.7 Å². The van der Waals surface area contributed by atoms with E-state index in [-0.39, 0.29) is 5.91 Å². The zero-order valence-electron chi connectivity index (χ0n) is 10.8. The summed E-state index contributed by atoms with van der Waals surface area (Å²) < 4.78 is 1.09. The standard InChI is InChI=1S/C14H16IN3O/c1-18-8-6-14(10-16,7-9-18)17-13(19)11-2-4-12(15)5-3-11/h2-5H,6-9H2,1H3,(H,17,19). The third kappa shape index (κ3) is 3.45. The van der Waals surface area contributed by atoms with Gasteiger partial charge in [-0.1, -0.05) is 0 Å². The number of nitriles is 1. The summed E-state index contributed by atoms with van der Waals surface area (Å²) in [6, 6.07) is 9.65. The van der Waals surface area contributed by atoms with E-state index in [1.54, 1.807) is 12.1 Å². The van der Waals surface area contributed by atoms with Crippen molar-refractivity contribution in [1.82, 2.24) is 10.2 Å². The molecule has 100 valence electrons. The molecule has 5 heteroatoms. The maximum absolute atomic E-state index is 12.2. The summed E-state index contributed by atoms with van der Waals surface area (Å²) in [5, 5.41) is 12.3. The van der Waals surface area contributed by atoms with Crippen molar-refractivity contribution in [3.05, 3.63) is 33.4 Å². The highest BCUT2D eigenvalue weighted by Gasteiger charge is 2.35. The van der Waals surface area contributed by atoms with E-state index < -0.39 is 5.54 Å². The molecular formula is C14H16IN3O. The van der Waals surface area contributed by atoms with Gasteiger partial charge in [0.15, 0.2) is 0 Å². The van der Waals surface area contributed by atoms with Crippen LogP contribution in [-0.2, 0) is 0 Å². The molecule has 1 aliphatic heterocycles. The Morgan fingerprint density at radius 1 is 1.37 bits per heavy atom. The molecule has 1 aromatic carbocycles. The van der Waals surface area contributed by atoms with Crippen molar-refractivity contribution < 1.29 is 4.79 Å². The van der Waals surface area contributed by atoms with Gasteiger partial charge in [0.25, 0.3) is 5.91 Å². The van der Waals surface area contributed by atoms with Gasteiger partial charge < -0.3 is 10.2 Å². The molecule has 0 unspecified atom stereocenters. The molecule has 1 heterocycles. The Bertz CT molecular complexity index is 498. The molecule has 0 atom stereocenters. The molecule has 19 heavy (non-hydrogen) atoms. The maximum Gasteiger partial charge on any atom is 0.252 e. The molecular weight excluding hydrogens is 353 g/mol. The summed E-state index contributed by atoms with van der Waals surface area (Å²) in [6.45, 7) is 1.67. The first kappa shape index (κ1) is 14.3. The summed E-state index contributed by atoms with van der Waals surface area (Å²) >= 11 is 2.20. The number of hydrogen-bond acceptors (Lipinski definition) is 3. The van der Waals surface area contributed by atoms with Crippen LogP contribution in [-0.4, -0.2) is 36.5 Å². The van der Waals surface area contributed by atoms with Gasteiger partial charge in [-0.25, -0.2) is 0 Å². The molecule has 1 fully saturated rings. The molecule has 1 N–H and O–H groups in total. The van der Waals surface area contributed by atoms with Crippen LogP contribution >= 0.6 is 22.6 Å². The Labute approximate surface area is 126 Å². The zero-order chi connectivity index (χ0) is 13.9. The van der Waals surface area contributed by atoms with Crippen molar-refractivity contribution in [2.45, 2.75) is 18.4 Å². The van der Waals surface area contributed by atoms with E-state index in [1.165, 1.54) is 0 Å². The lowest BCUT2D eigenvalue weighted by atomic mass is 9.89. The normalized spacial score (nSPS) is 18.6. The van der Waals surface area contributed by atoms with E-state index in [2.05, 4.69) is 38.9 Å².